The van der Waals surface area contributed by atoms with E-state index in [2.05, 4.69) is 40.2 Å². The molecule has 100 valence electrons. The van der Waals surface area contributed by atoms with Gasteiger partial charge in [-0.15, -0.1) is 0 Å². The molecule has 1 saturated heterocycles. The monoisotopic (exact) mass is 313 g/mol. The zero-order chi connectivity index (χ0) is 13.1. The first-order chi connectivity index (χ1) is 8.67. The van der Waals surface area contributed by atoms with Crippen molar-refractivity contribution >= 4 is 21.7 Å². The van der Waals surface area contributed by atoms with Crippen molar-refractivity contribution in [2.75, 3.05) is 13.1 Å². The van der Waals surface area contributed by atoms with Crippen LogP contribution < -0.4 is 5.32 Å². The van der Waals surface area contributed by atoms with Crippen molar-refractivity contribution in [1.29, 1.82) is 0 Å². The standard InChI is InChI=1S/C13H20BrN3O/c1-3-10-13(14)11(17(4-2)16-10)7-12(18)9-5-6-15-8-9/h9,15H,3-8H2,1-2H3. The molecular formula is C13H20BrN3O. The first-order valence-corrected chi connectivity index (χ1v) is 7.44. The van der Waals surface area contributed by atoms with Gasteiger partial charge in [0.1, 0.15) is 5.78 Å². The van der Waals surface area contributed by atoms with Gasteiger partial charge in [0.25, 0.3) is 0 Å². The van der Waals surface area contributed by atoms with Crippen LogP contribution in [-0.2, 0) is 24.2 Å². The molecule has 1 N–H and O–H groups in total. The number of carbonyl (C=O) groups excluding carboxylic acids is 1. The largest absolute Gasteiger partial charge is 0.316 e. The molecule has 4 nitrogen and oxygen atoms in total. The maximum Gasteiger partial charge on any atom is 0.143 e. The summed E-state index contributed by atoms with van der Waals surface area (Å²) >= 11 is 3.59. The fraction of sp³-hybridized carbons (Fsp3) is 0.692. The van der Waals surface area contributed by atoms with Crippen molar-refractivity contribution in [3.63, 3.8) is 0 Å². The molecule has 0 bridgehead atoms. The number of halogens is 1. The SMILES string of the molecule is CCc1nn(CC)c(CC(=O)C2CCNC2)c1Br. The van der Waals surface area contributed by atoms with Gasteiger partial charge in [-0.1, -0.05) is 6.92 Å². The number of Topliss-reactive ketones (excluding diaryl/α,β-unsaturated/α-hetero) is 1. The molecule has 2 rings (SSSR count). The van der Waals surface area contributed by atoms with Crippen molar-refractivity contribution in [3.8, 4) is 0 Å². The Labute approximate surface area is 116 Å². The van der Waals surface area contributed by atoms with Crippen LogP contribution in [0.1, 0.15) is 31.7 Å². The summed E-state index contributed by atoms with van der Waals surface area (Å²) in [5, 5.41) is 7.77. The number of hydrogen-bond donors (Lipinski definition) is 1. The van der Waals surface area contributed by atoms with Gasteiger partial charge in [0.05, 0.1) is 15.9 Å². The van der Waals surface area contributed by atoms with Crippen LogP contribution in [0.25, 0.3) is 0 Å². The third kappa shape index (κ3) is 2.67. The number of carbonyl (C=O) groups is 1. The Morgan fingerprint density at radius 3 is 2.89 bits per heavy atom. The molecule has 18 heavy (non-hydrogen) atoms. The summed E-state index contributed by atoms with van der Waals surface area (Å²) in [4.78, 5) is 12.2. The van der Waals surface area contributed by atoms with Crippen LogP contribution >= 0.6 is 15.9 Å². The van der Waals surface area contributed by atoms with E-state index in [1.807, 2.05) is 4.68 Å². The van der Waals surface area contributed by atoms with E-state index in [0.29, 0.717) is 12.2 Å². The van der Waals surface area contributed by atoms with Gasteiger partial charge in [0.15, 0.2) is 0 Å². The summed E-state index contributed by atoms with van der Waals surface area (Å²) in [6, 6.07) is 0. The molecule has 0 amide bonds. The Morgan fingerprint density at radius 2 is 2.33 bits per heavy atom. The Morgan fingerprint density at radius 1 is 1.56 bits per heavy atom. The van der Waals surface area contributed by atoms with Crippen LogP contribution in [0, 0.1) is 5.92 Å². The predicted octanol–water partition coefficient (Wildman–Crippen LogP) is 1.95. The van der Waals surface area contributed by atoms with Gasteiger partial charge in [-0.25, -0.2) is 0 Å². The number of aryl methyl sites for hydroxylation is 2. The third-order valence-electron chi connectivity index (χ3n) is 3.55. The second-order valence-corrected chi connectivity index (χ2v) is 5.50. The van der Waals surface area contributed by atoms with E-state index in [9.17, 15) is 4.79 Å². The van der Waals surface area contributed by atoms with E-state index < -0.39 is 0 Å². The van der Waals surface area contributed by atoms with Gasteiger partial charge in [0, 0.05) is 25.4 Å². The third-order valence-corrected chi connectivity index (χ3v) is 4.47. The Kier molecular flexibility index (Phi) is 4.56. The molecule has 1 fully saturated rings. The van der Waals surface area contributed by atoms with Gasteiger partial charge in [-0.05, 0) is 42.2 Å². The van der Waals surface area contributed by atoms with Crippen molar-refractivity contribution in [2.24, 2.45) is 5.92 Å². The Balaban J connectivity index is 2.16. The molecule has 1 aliphatic rings. The molecule has 0 radical (unpaired) electrons. The van der Waals surface area contributed by atoms with E-state index in [1.165, 1.54) is 0 Å². The van der Waals surface area contributed by atoms with Gasteiger partial charge in [-0.3, -0.25) is 9.48 Å². The Hall–Kier alpha value is -0.680. The molecule has 5 heteroatoms. The zero-order valence-electron chi connectivity index (χ0n) is 11.0. The number of hydrogen-bond acceptors (Lipinski definition) is 3. The molecule has 1 aromatic rings. The molecule has 0 aliphatic carbocycles. The van der Waals surface area contributed by atoms with E-state index in [4.69, 9.17) is 0 Å². The Bertz CT molecular complexity index is 436. The normalized spacial score (nSPS) is 19.4. The minimum absolute atomic E-state index is 0.183. The highest BCUT2D eigenvalue weighted by Crippen LogP contribution is 2.24. The van der Waals surface area contributed by atoms with Crippen LogP contribution in [0.2, 0.25) is 0 Å². The highest BCUT2D eigenvalue weighted by Gasteiger charge is 2.25. The van der Waals surface area contributed by atoms with Crippen LogP contribution in [0.4, 0.5) is 0 Å². The summed E-state index contributed by atoms with van der Waals surface area (Å²) in [5.74, 6) is 0.514. The average Bonchev–Trinajstić information content (AvgIpc) is 2.99. The fourth-order valence-electron chi connectivity index (χ4n) is 2.43. The number of rotatable bonds is 5. The highest BCUT2D eigenvalue weighted by molar-refractivity contribution is 9.10. The van der Waals surface area contributed by atoms with E-state index in [1.54, 1.807) is 0 Å². The summed E-state index contributed by atoms with van der Waals surface area (Å²) in [6.07, 6.45) is 2.35. The maximum absolute atomic E-state index is 12.2. The lowest BCUT2D eigenvalue weighted by molar-refractivity contribution is -0.121. The lowest BCUT2D eigenvalue weighted by Crippen LogP contribution is -2.21. The molecular weight excluding hydrogens is 294 g/mol. The quantitative estimate of drug-likeness (QED) is 0.904. The molecule has 0 aromatic carbocycles. The highest BCUT2D eigenvalue weighted by atomic mass is 79.9. The number of nitrogens with one attached hydrogen (secondary N) is 1. The van der Waals surface area contributed by atoms with E-state index >= 15 is 0 Å². The average molecular weight is 314 g/mol. The predicted molar refractivity (Wildman–Crippen MR) is 74.7 cm³/mol. The second kappa shape index (κ2) is 5.97. The number of ketones is 1. The molecule has 1 aromatic heterocycles. The van der Waals surface area contributed by atoms with Crippen LogP contribution in [0.3, 0.4) is 0 Å². The van der Waals surface area contributed by atoms with Gasteiger partial charge >= 0.3 is 0 Å². The lowest BCUT2D eigenvalue weighted by atomic mass is 9.99. The minimum atomic E-state index is 0.183. The molecule has 2 heterocycles. The molecule has 1 aliphatic heterocycles. The zero-order valence-corrected chi connectivity index (χ0v) is 12.6. The smallest absolute Gasteiger partial charge is 0.143 e. The topological polar surface area (TPSA) is 46.9 Å². The number of nitrogens with zero attached hydrogens (tertiary/aromatic N) is 2. The van der Waals surface area contributed by atoms with Gasteiger partial charge in [0.2, 0.25) is 0 Å². The van der Waals surface area contributed by atoms with Crippen molar-refractivity contribution in [2.45, 2.75) is 39.7 Å². The summed E-state index contributed by atoms with van der Waals surface area (Å²) in [5.41, 5.74) is 2.08. The van der Waals surface area contributed by atoms with Crippen LogP contribution in [0.5, 0.6) is 0 Å². The maximum atomic E-state index is 12.2. The second-order valence-electron chi connectivity index (χ2n) is 4.71. The van der Waals surface area contributed by atoms with E-state index in [-0.39, 0.29) is 5.92 Å². The first kappa shape index (κ1) is 13.7. The van der Waals surface area contributed by atoms with Crippen LogP contribution in [0.15, 0.2) is 4.47 Å². The minimum Gasteiger partial charge on any atom is -0.316 e. The molecule has 0 spiro atoms. The van der Waals surface area contributed by atoms with Crippen LogP contribution in [-0.4, -0.2) is 28.7 Å². The van der Waals surface area contributed by atoms with Crippen molar-refractivity contribution < 1.29 is 4.79 Å². The first-order valence-electron chi connectivity index (χ1n) is 6.64. The van der Waals surface area contributed by atoms with Gasteiger partial charge in [-0.2, -0.15) is 5.10 Å². The molecule has 1 atom stereocenters. The molecule has 0 saturated carbocycles. The van der Waals surface area contributed by atoms with Crippen molar-refractivity contribution in [1.82, 2.24) is 15.1 Å². The van der Waals surface area contributed by atoms with E-state index in [0.717, 1.165) is 48.3 Å². The fourth-order valence-corrected chi connectivity index (χ4v) is 3.13. The molecule has 1 unspecified atom stereocenters. The summed E-state index contributed by atoms with van der Waals surface area (Å²) in [7, 11) is 0. The van der Waals surface area contributed by atoms with Gasteiger partial charge < -0.3 is 5.32 Å². The lowest BCUT2D eigenvalue weighted by Gasteiger charge is -2.09. The summed E-state index contributed by atoms with van der Waals surface area (Å²) in [6.45, 7) is 6.75. The summed E-state index contributed by atoms with van der Waals surface area (Å²) < 4.78 is 2.97. The number of aromatic nitrogens is 2. The van der Waals surface area contributed by atoms with Crippen molar-refractivity contribution in [3.05, 3.63) is 15.9 Å².